The third kappa shape index (κ3) is 2.78. The van der Waals surface area contributed by atoms with Crippen molar-refractivity contribution in [2.75, 3.05) is 24.8 Å². The molecule has 0 aliphatic carbocycles. The molecule has 2 saturated heterocycles. The minimum atomic E-state index is -0.792. The Morgan fingerprint density at radius 2 is 2.12 bits per heavy atom. The van der Waals surface area contributed by atoms with Crippen molar-refractivity contribution in [1.29, 1.82) is 0 Å². The molecule has 2 aromatic rings. The molecule has 2 aliphatic heterocycles. The predicted molar refractivity (Wildman–Crippen MR) is 90.8 cm³/mol. The Morgan fingerprint density at radius 1 is 1.35 bits per heavy atom. The first-order valence-electron chi connectivity index (χ1n) is 8.24. The number of alkyl halides is 1. The van der Waals surface area contributed by atoms with E-state index >= 15 is 0 Å². The van der Waals surface area contributed by atoms with Gasteiger partial charge in [-0.1, -0.05) is 0 Å². The standard InChI is InChI=1S/C15H20ClN5O5/c1-15(2)25-9-7(5-22)24-14(10(9)26-15)21-12-8(11(17)18-6-19-12)13(20-21)23-4-3-16/h6-7,9-10,14,22H,3-5H2,1-2H3,(H2,17,18,19)/t7-,9-,10-,14-/m1/s1. The number of fused-ring (bicyclic) bond motifs is 2. The van der Waals surface area contributed by atoms with E-state index in [0.29, 0.717) is 16.9 Å². The zero-order valence-electron chi connectivity index (χ0n) is 14.3. The molecule has 142 valence electrons. The van der Waals surface area contributed by atoms with Crippen LogP contribution in [0.15, 0.2) is 6.33 Å². The van der Waals surface area contributed by atoms with Gasteiger partial charge in [-0.25, -0.2) is 14.6 Å². The van der Waals surface area contributed by atoms with Gasteiger partial charge in [-0.15, -0.1) is 16.7 Å². The first-order valence-corrected chi connectivity index (χ1v) is 8.78. The fraction of sp³-hybridized carbons (Fsp3) is 0.667. The highest BCUT2D eigenvalue weighted by Gasteiger charge is 2.56. The number of nitrogens with two attached hydrogens (primary N) is 1. The number of aromatic nitrogens is 4. The Bertz CT molecular complexity index is 815. The molecule has 4 heterocycles. The van der Waals surface area contributed by atoms with Gasteiger partial charge in [0.15, 0.2) is 17.7 Å². The number of anilines is 1. The summed E-state index contributed by atoms with van der Waals surface area (Å²) in [6.45, 7) is 3.68. The van der Waals surface area contributed by atoms with E-state index in [1.807, 2.05) is 13.8 Å². The molecule has 0 saturated carbocycles. The van der Waals surface area contributed by atoms with E-state index in [2.05, 4.69) is 15.1 Å². The molecule has 11 heteroatoms. The first kappa shape index (κ1) is 17.7. The average Bonchev–Trinajstić information content (AvgIpc) is 3.22. The summed E-state index contributed by atoms with van der Waals surface area (Å²) < 4.78 is 24.9. The first-order chi connectivity index (χ1) is 12.4. The second-order valence-corrected chi connectivity index (χ2v) is 6.94. The Hall–Kier alpha value is -1.72. The number of halogens is 1. The molecule has 0 radical (unpaired) electrons. The van der Waals surface area contributed by atoms with Crippen LogP contribution in [0, 0.1) is 0 Å². The molecular weight excluding hydrogens is 366 g/mol. The van der Waals surface area contributed by atoms with Crippen molar-refractivity contribution in [2.45, 2.75) is 44.2 Å². The lowest BCUT2D eigenvalue weighted by molar-refractivity contribution is -0.201. The molecule has 2 fully saturated rings. The van der Waals surface area contributed by atoms with Gasteiger partial charge >= 0.3 is 0 Å². The number of aliphatic hydroxyl groups is 1. The Balaban J connectivity index is 1.78. The van der Waals surface area contributed by atoms with Crippen molar-refractivity contribution < 1.29 is 24.1 Å². The smallest absolute Gasteiger partial charge is 0.246 e. The third-order valence-corrected chi connectivity index (χ3v) is 4.50. The zero-order valence-corrected chi connectivity index (χ0v) is 15.1. The lowest BCUT2D eigenvalue weighted by Crippen LogP contribution is -2.31. The van der Waals surface area contributed by atoms with Gasteiger partial charge in [-0.3, -0.25) is 0 Å². The minimum absolute atomic E-state index is 0.205. The lowest BCUT2D eigenvalue weighted by atomic mass is 10.1. The topological polar surface area (TPSA) is 127 Å². The van der Waals surface area contributed by atoms with Crippen LogP contribution in [-0.4, -0.2) is 68.0 Å². The maximum atomic E-state index is 9.65. The second-order valence-electron chi connectivity index (χ2n) is 6.56. The largest absolute Gasteiger partial charge is 0.475 e. The summed E-state index contributed by atoms with van der Waals surface area (Å²) in [6.07, 6.45) is -0.762. The highest BCUT2D eigenvalue weighted by atomic mass is 35.5. The number of aliphatic hydroxyl groups excluding tert-OH is 1. The second kappa shape index (κ2) is 6.46. The van der Waals surface area contributed by atoms with Crippen LogP contribution in [-0.2, 0) is 14.2 Å². The molecule has 0 aromatic carbocycles. The van der Waals surface area contributed by atoms with Gasteiger partial charge < -0.3 is 29.8 Å². The molecule has 26 heavy (non-hydrogen) atoms. The van der Waals surface area contributed by atoms with E-state index in [0.717, 1.165) is 0 Å². The normalized spacial score (nSPS) is 30.0. The highest BCUT2D eigenvalue weighted by Crippen LogP contribution is 2.44. The number of nitrogens with zero attached hydrogens (tertiary/aromatic N) is 4. The van der Waals surface area contributed by atoms with E-state index in [-0.39, 0.29) is 24.9 Å². The van der Waals surface area contributed by atoms with E-state index in [1.54, 1.807) is 0 Å². The van der Waals surface area contributed by atoms with Crippen LogP contribution in [0.2, 0.25) is 0 Å². The van der Waals surface area contributed by atoms with Gasteiger partial charge in [0.2, 0.25) is 5.88 Å². The van der Waals surface area contributed by atoms with Crippen molar-refractivity contribution in [3.05, 3.63) is 6.33 Å². The van der Waals surface area contributed by atoms with Gasteiger partial charge in [0.1, 0.15) is 42.5 Å². The third-order valence-electron chi connectivity index (χ3n) is 4.35. The average molecular weight is 386 g/mol. The van der Waals surface area contributed by atoms with Crippen molar-refractivity contribution in [2.24, 2.45) is 0 Å². The summed E-state index contributed by atoms with van der Waals surface area (Å²) in [5.74, 6) is 0.0109. The lowest BCUT2D eigenvalue weighted by Gasteiger charge is -2.23. The molecule has 2 aliphatic rings. The number of hydrogen-bond donors (Lipinski definition) is 2. The van der Waals surface area contributed by atoms with E-state index < -0.39 is 30.3 Å². The van der Waals surface area contributed by atoms with E-state index in [1.165, 1.54) is 11.0 Å². The maximum absolute atomic E-state index is 9.65. The van der Waals surface area contributed by atoms with Crippen molar-refractivity contribution >= 4 is 28.5 Å². The van der Waals surface area contributed by atoms with Crippen LogP contribution in [0.1, 0.15) is 20.1 Å². The predicted octanol–water partition coefficient (Wildman–Crippen LogP) is 0.436. The monoisotopic (exact) mass is 385 g/mol. The number of rotatable bonds is 5. The molecule has 0 amide bonds. The minimum Gasteiger partial charge on any atom is -0.475 e. The molecule has 0 bridgehead atoms. The summed E-state index contributed by atoms with van der Waals surface area (Å²) in [7, 11) is 0. The van der Waals surface area contributed by atoms with Crippen molar-refractivity contribution in [1.82, 2.24) is 19.7 Å². The zero-order chi connectivity index (χ0) is 18.5. The molecule has 2 aromatic heterocycles. The quantitative estimate of drug-likeness (QED) is 0.704. The molecular formula is C15H20ClN5O5. The number of ether oxygens (including phenoxy) is 4. The van der Waals surface area contributed by atoms with Crippen molar-refractivity contribution in [3.63, 3.8) is 0 Å². The van der Waals surface area contributed by atoms with E-state index in [4.69, 9.17) is 36.3 Å². The summed E-state index contributed by atoms with van der Waals surface area (Å²) in [6, 6.07) is 0. The van der Waals surface area contributed by atoms with Gasteiger partial charge in [0.25, 0.3) is 0 Å². The number of nitrogen functional groups attached to an aromatic ring is 1. The molecule has 10 nitrogen and oxygen atoms in total. The fourth-order valence-corrected chi connectivity index (χ4v) is 3.46. The van der Waals surface area contributed by atoms with Crippen LogP contribution < -0.4 is 10.5 Å². The summed E-state index contributed by atoms with van der Waals surface area (Å²) >= 11 is 5.71. The molecule has 0 spiro atoms. The van der Waals surface area contributed by atoms with Crippen LogP contribution >= 0.6 is 11.6 Å². The van der Waals surface area contributed by atoms with Crippen LogP contribution in [0.5, 0.6) is 5.88 Å². The Labute approximate surface area is 154 Å². The Morgan fingerprint density at radius 3 is 2.85 bits per heavy atom. The van der Waals surface area contributed by atoms with Crippen LogP contribution in [0.3, 0.4) is 0 Å². The van der Waals surface area contributed by atoms with Gasteiger partial charge in [0, 0.05) is 0 Å². The highest BCUT2D eigenvalue weighted by molar-refractivity contribution is 6.18. The fourth-order valence-electron chi connectivity index (χ4n) is 3.38. The summed E-state index contributed by atoms with van der Waals surface area (Å²) in [5.41, 5.74) is 6.43. The van der Waals surface area contributed by atoms with Crippen LogP contribution in [0.25, 0.3) is 11.0 Å². The summed E-state index contributed by atoms with van der Waals surface area (Å²) in [5, 5.41) is 14.6. The van der Waals surface area contributed by atoms with Gasteiger partial charge in [-0.05, 0) is 13.8 Å². The summed E-state index contributed by atoms with van der Waals surface area (Å²) in [4.78, 5) is 8.27. The maximum Gasteiger partial charge on any atom is 0.246 e. The van der Waals surface area contributed by atoms with E-state index in [9.17, 15) is 5.11 Å². The van der Waals surface area contributed by atoms with Crippen LogP contribution in [0.4, 0.5) is 5.82 Å². The molecule has 0 unspecified atom stereocenters. The SMILES string of the molecule is CC1(C)O[C@@H]2[C@H](O1)[C@@H](CO)O[C@H]2n1nc(OCCCl)c2c(N)ncnc21. The molecule has 4 atom stereocenters. The molecule has 3 N–H and O–H groups in total. The number of hydrogen-bond acceptors (Lipinski definition) is 9. The molecule has 4 rings (SSSR count). The van der Waals surface area contributed by atoms with Gasteiger partial charge in [0.05, 0.1) is 12.5 Å². The van der Waals surface area contributed by atoms with Crippen molar-refractivity contribution in [3.8, 4) is 5.88 Å². The Kier molecular flexibility index (Phi) is 4.40. The van der Waals surface area contributed by atoms with Gasteiger partial charge in [-0.2, -0.15) is 0 Å².